The van der Waals surface area contributed by atoms with E-state index in [2.05, 4.69) is 33.9 Å². The Hall–Kier alpha value is -1.50. The van der Waals surface area contributed by atoms with Gasteiger partial charge in [0.05, 0.1) is 5.56 Å². The van der Waals surface area contributed by atoms with Crippen molar-refractivity contribution < 1.29 is 9.53 Å². The predicted molar refractivity (Wildman–Crippen MR) is 107 cm³/mol. The Bertz CT molecular complexity index is 567. The van der Waals surface area contributed by atoms with Crippen molar-refractivity contribution >= 4 is 5.91 Å². The van der Waals surface area contributed by atoms with Crippen molar-refractivity contribution in [3.8, 4) is 0 Å². The molecule has 150 valence electrons. The van der Waals surface area contributed by atoms with Crippen LogP contribution in [0, 0.1) is 0 Å². The fraction of sp³-hybridized carbons (Fsp3) is 0.714. The molecule has 0 saturated carbocycles. The van der Waals surface area contributed by atoms with Crippen molar-refractivity contribution in [1.29, 1.82) is 0 Å². The van der Waals surface area contributed by atoms with Crippen LogP contribution in [0.1, 0.15) is 49.9 Å². The van der Waals surface area contributed by atoms with Gasteiger partial charge in [-0.05, 0) is 64.8 Å². The summed E-state index contributed by atoms with van der Waals surface area (Å²) in [6.45, 7) is 10.2. The monoisotopic (exact) mass is 374 g/mol. The number of nitrogens with one attached hydrogen (secondary N) is 1. The first-order valence-corrected chi connectivity index (χ1v) is 10.4. The second-order valence-electron chi connectivity index (χ2n) is 7.94. The quantitative estimate of drug-likeness (QED) is 0.793. The molecule has 6 nitrogen and oxygen atoms in total. The van der Waals surface area contributed by atoms with Crippen LogP contribution >= 0.6 is 0 Å². The number of piperidine rings is 1. The van der Waals surface area contributed by atoms with Crippen molar-refractivity contribution in [3.63, 3.8) is 0 Å². The van der Waals surface area contributed by atoms with Gasteiger partial charge in [-0.2, -0.15) is 0 Å². The van der Waals surface area contributed by atoms with E-state index in [0.717, 1.165) is 32.6 Å². The minimum Gasteiger partial charge on any atom is -0.381 e. The molecular weight excluding hydrogens is 340 g/mol. The van der Waals surface area contributed by atoms with Crippen LogP contribution < -0.4 is 5.32 Å². The Balaban J connectivity index is 1.55. The summed E-state index contributed by atoms with van der Waals surface area (Å²) in [5.41, 5.74) is 0.625. The van der Waals surface area contributed by atoms with Gasteiger partial charge in [0.2, 0.25) is 0 Å². The molecule has 2 fully saturated rings. The SMILES string of the molecule is CC(C)N1CCC(N(CCNC(=O)c2cccnc2)C2CCOCC2)CC1. The van der Waals surface area contributed by atoms with Gasteiger partial charge in [0.25, 0.3) is 5.91 Å². The molecular formula is C21H34N4O2. The average Bonchev–Trinajstić information content (AvgIpc) is 2.72. The van der Waals surface area contributed by atoms with Crippen LogP contribution in [0.25, 0.3) is 0 Å². The third-order valence-electron chi connectivity index (χ3n) is 5.94. The number of carbonyl (C=O) groups is 1. The Kier molecular flexibility index (Phi) is 7.61. The van der Waals surface area contributed by atoms with E-state index in [9.17, 15) is 4.79 Å². The van der Waals surface area contributed by atoms with E-state index in [0.29, 0.717) is 30.2 Å². The Labute approximate surface area is 163 Å². The van der Waals surface area contributed by atoms with E-state index in [4.69, 9.17) is 4.74 Å². The molecule has 0 aliphatic carbocycles. The first-order chi connectivity index (χ1) is 13.1. The Morgan fingerprint density at radius 3 is 2.59 bits per heavy atom. The summed E-state index contributed by atoms with van der Waals surface area (Å²) in [5.74, 6) is -0.0374. The normalized spacial score (nSPS) is 20.3. The molecule has 1 aromatic rings. The number of ether oxygens (including phenoxy) is 1. The highest BCUT2D eigenvalue weighted by atomic mass is 16.5. The van der Waals surface area contributed by atoms with E-state index in [-0.39, 0.29) is 5.91 Å². The van der Waals surface area contributed by atoms with Crippen molar-refractivity contribution in [2.75, 3.05) is 39.4 Å². The Morgan fingerprint density at radius 1 is 1.26 bits per heavy atom. The molecule has 2 aliphatic rings. The largest absolute Gasteiger partial charge is 0.381 e. The maximum absolute atomic E-state index is 12.3. The highest BCUT2D eigenvalue weighted by Crippen LogP contribution is 2.24. The lowest BCUT2D eigenvalue weighted by molar-refractivity contribution is 0.0000236. The van der Waals surface area contributed by atoms with Crippen LogP contribution in [0.3, 0.4) is 0 Å². The number of nitrogens with zero attached hydrogens (tertiary/aromatic N) is 3. The predicted octanol–water partition coefficient (Wildman–Crippen LogP) is 2.17. The number of aromatic nitrogens is 1. The van der Waals surface area contributed by atoms with Gasteiger partial charge in [-0.1, -0.05) is 0 Å². The minimum absolute atomic E-state index is 0.0374. The van der Waals surface area contributed by atoms with Gasteiger partial charge in [-0.15, -0.1) is 0 Å². The maximum atomic E-state index is 12.3. The first kappa shape index (κ1) is 20.2. The number of rotatable bonds is 7. The van der Waals surface area contributed by atoms with E-state index in [1.54, 1.807) is 24.5 Å². The molecule has 0 radical (unpaired) electrons. The minimum atomic E-state index is -0.0374. The standard InChI is InChI=1S/C21H34N4O2/c1-17(2)24-11-5-19(6-12-24)25(20-7-14-27-15-8-20)13-10-23-21(26)18-4-3-9-22-16-18/h3-4,9,16-17,19-20H,5-8,10-15H2,1-2H3,(H,23,26). The van der Waals surface area contributed by atoms with Gasteiger partial charge in [0, 0.05) is 56.8 Å². The molecule has 1 aromatic heterocycles. The maximum Gasteiger partial charge on any atom is 0.252 e. The number of hydrogen-bond acceptors (Lipinski definition) is 5. The third kappa shape index (κ3) is 5.74. The average molecular weight is 375 g/mol. The lowest BCUT2D eigenvalue weighted by Gasteiger charge is -2.44. The summed E-state index contributed by atoms with van der Waals surface area (Å²) in [5, 5.41) is 3.07. The summed E-state index contributed by atoms with van der Waals surface area (Å²) in [6.07, 6.45) is 7.93. The highest BCUT2D eigenvalue weighted by molar-refractivity contribution is 5.93. The van der Waals surface area contributed by atoms with E-state index in [1.165, 1.54) is 25.9 Å². The van der Waals surface area contributed by atoms with Crippen LogP contribution in [0.2, 0.25) is 0 Å². The summed E-state index contributed by atoms with van der Waals surface area (Å²) in [4.78, 5) is 21.6. The van der Waals surface area contributed by atoms with Crippen LogP contribution in [-0.2, 0) is 4.74 Å². The van der Waals surface area contributed by atoms with Gasteiger partial charge in [0.15, 0.2) is 0 Å². The molecule has 0 bridgehead atoms. The fourth-order valence-corrected chi connectivity index (χ4v) is 4.31. The lowest BCUT2D eigenvalue weighted by Crippen LogP contribution is -2.53. The number of likely N-dealkylation sites (tertiary alicyclic amines) is 1. The molecule has 3 heterocycles. The molecule has 6 heteroatoms. The van der Waals surface area contributed by atoms with E-state index >= 15 is 0 Å². The molecule has 0 unspecified atom stereocenters. The van der Waals surface area contributed by atoms with Crippen molar-refractivity contribution in [2.24, 2.45) is 0 Å². The molecule has 2 aliphatic heterocycles. The molecule has 0 atom stereocenters. The van der Waals surface area contributed by atoms with E-state index in [1.807, 2.05) is 0 Å². The zero-order chi connectivity index (χ0) is 19.1. The van der Waals surface area contributed by atoms with Crippen molar-refractivity contribution in [1.82, 2.24) is 20.1 Å². The fourth-order valence-electron chi connectivity index (χ4n) is 4.31. The summed E-state index contributed by atoms with van der Waals surface area (Å²) in [6, 6.07) is 5.41. The summed E-state index contributed by atoms with van der Waals surface area (Å²) >= 11 is 0. The smallest absolute Gasteiger partial charge is 0.252 e. The summed E-state index contributed by atoms with van der Waals surface area (Å²) in [7, 11) is 0. The number of amides is 1. The second kappa shape index (κ2) is 10.2. The van der Waals surface area contributed by atoms with Crippen molar-refractivity contribution in [3.05, 3.63) is 30.1 Å². The first-order valence-electron chi connectivity index (χ1n) is 10.4. The zero-order valence-electron chi connectivity index (χ0n) is 16.8. The molecule has 0 aromatic carbocycles. The van der Waals surface area contributed by atoms with Gasteiger partial charge in [0.1, 0.15) is 0 Å². The van der Waals surface area contributed by atoms with Crippen molar-refractivity contribution in [2.45, 2.75) is 57.7 Å². The van der Waals surface area contributed by atoms with Crippen LogP contribution in [0.4, 0.5) is 0 Å². The molecule has 27 heavy (non-hydrogen) atoms. The number of pyridine rings is 1. The molecule has 0 spiro atoms. The Morgan fingerprint density at radius 2 is 1.96 bits per heavy atom. The summed E-state index contributed by atoms with van der Waals surface area (Å²) < 4.78 is 5.57. The molecule has 3 rings (SSSR count). The molecule has 2 saturated heterocycles. The number of carbonyl (C=O) groups excluding carboxylic acids is 1. The third-order valence-corrected chi connectivity index (χ3v) is 5.94. The van der Waals surface area contributed by atoms with Crippen LogP contribution in [0.15, 0.2) is 24.5 Å². The topological polar surface area (TPSA) is 57.7 Å². The van der Waals surface area contributed by atoms with Crippen LogP contribution in [-0.4, -0.2) is 78.2 Å². The van der Waals surface area contributed by atoms with Gasteiger partial charge in [-0.25, -0.2) is 0 Å². The molecule has 1 amide bonds. The lowest BCUT2D eigenvalue weighted by atomic mass is 9.97. The van der Waals surface area contributed by atoms with Gasteiger partial charge in [-0.3, -0.25) is 14.7 Å². The highest BCUT2D eigenvalue weighted by Gasteiger charge is 2.31. The molecule has 1 N–H and O–H groups in total. The second-order valence-corrected chi connectivity index (χ2v) is 7.94. The zero-order valence-corrected chi connectivity index (χ0v) is 16.8. The number of hydrogen-bond donors (Lipinski definition) is 1. The van der Waals surface area contributed by atoms with Gasteiger partial charge < -0.3 is 15.0 Å². The van der Waals surface area contributed by atoms with Gasteiger partial charge >= 0.3 is 0 Å². The van der Waals surface area contributed by atoms with Crippen LogP contribution in [0.5, 0.6) is 0 Å². The van der Waals surface area contributed by atoms with E-state index < -0.39 is 0 Å².